The molecule has 0 spiro atoms. The standard InChI is InChI=1S/C22H25FN2O4/c1-28-19-8-6-16(14-20(19)29-2)7-9-21(26)24-10-12-25(13-11-24)22(27)17-4-3-5-18(23)15-17/h3-6,8,14-15H,7,9-13H2,1-2H3. The normalized spacial score (nSPS) is 13.9. The van der Waals surface area contributed by atoms with Crippen molar-refractivity contribution in [2.75, 3.05) is 40.4 Å². The van der Waals surface area contributed by atoms with Gasteiger partial charge in [0.2, 0.25) is 5.91 Å². The fourth-order valence-corrected chi connectivity index (χ4v) is 3.41. The third-order valence-corrected chi connectivity index (χ3v) is 5.07. The number of rotatable bonds is 6. The van der Waals surface area contributed by atoms with E-state index in [0.29, 0.717) is 56.1 Å². The topological polar surface area (TPSA) is 59.1 Å². The van der Waals surface area contributed by atoms with Crippen molar-refractivity contribution in [2.24, 2.45) is 0 Å². The Morgan fingerprint density at radius 1 is 0.931 bits per heavy atom. The summed E-state index contributed by atoms with van der Waals surface area (Å²) in [6.07, 6.45) is 0.981. The van der Waals surface area contributed by atoms with Crippen LogP contribution in [0.1, 0.15) is 22.3 Å². The molecule has 0 aromatic heterocycles. The number of nitrogens with zero attached hydrogens (tertiary/aromatic N) is 2. The molecule has 1 aliphatic rings. The molecule has 1 heterocycles. The maximum absolute atomic E-state index is 13.3. The van der Waals surface area contributed by atoms with Gasteiger partial charge in [-0.1, -0.05) is 12.1 Å². The highest BCUT2D eigenvalue weighted by Crippen LogP contribution is 2.28. The van der Waals surface area contributed by atoms with E-state index in [1.54, 1.807) is 30.1 Å². The van der Waals surface area contributed by atoms with Gasteiger partial charge in [-0.15, -0.1) is 0 Å². The largest absolute Gasteiger partial charge is 0.493 e. The fraction of sp³-hybridized carbons (Fsp3) is 0.364. The molecule has 3 rings (SSSR count). The van der Waals surface area contributed by atoms with Crippen molar-refractivity contribution in [1.82, 2.24) is 9.80 Å². The van der Waals surface area contributed by atoms with E-state index in [-0.39, 0.29) is 11.8 Å². The number of amides is 2. The molecule has 0 bridgehead atoms. The van der Waals surface area contributed by atoms with Crippen LogP contribution in [0, 0.1) is 5.82 Å². The zero-order chi connectivity index (χ0) is 20.8. The lowest BCUT2D eigenvalue weighted by Crippen LogP contribution is -2.50. The first-order chi connectivity index (χ1) is 14.0. The van der Waals surface area contributed by atoms with E-state index in [9.17, 15) is 14.0 Å². The zero-order valence-electron chi connectivity index (χ0n) is 16.7. The fourth-order valence-electron chi connectivity index (χ4n) is 3.41. The molecule has 29 heavy (non-hydrogen) atoms. The Labute approximate surface area is 169 Å². The van der Waals surface area contributed by atoms with Crippen molar-refractivity contribution in [2.45, 2.75) is 12.8 Å². The molecule has 2 aromatic carbocycles. The summed E-state index contributed by atoms with van der Waals surface area (Å²) >= 11 is 0. The van der Waals surface area contributed by atoms with E-state index in [1.165, 1.54) is 18.2 Å². The summed E-state index contributed by atoms with van der Waals surface area (Å²) in [5.74, 6) is 0.711. The second kappa shape index (κ2) is 9.41. The first kappa shape index (κ1) is 20.6. The van der Waals surface area contributed by atoms with Crippen LogP contribution in [0.15, 0.2) is 42.5 Å². The van der Waals surface area contributed by atoms with Gasteiger partial charge in [-0.2, -0.15) is 0 Å². The SMILES string of the molecule is COc1ccc(CCC(=O)N2CCN(C(=O)c3cccc(F)c3)CC2)cc1OC. The zero-order valence-corrected chi connectivity index (χ0v) is 16.7. The van der Waals surface area contributed by atoms with E-state index in [4.69, 9.17) is 9.47 Å². The number of hydrogen-bond donors (Lipinski definition) is 0. The van der Waals surface area contributed by atoms with Crippen LogP contribution in [-0.2, 0) is 11.2 Å². The van der Waals surface area contributed by atoms with E-state index < -0.39 is 5.82 Å². The number of halogens is 1. The Morgan fingerprint density at radius 3 is 2.28 bits per heavy atom. The molecule has 1 aliphatic heterocycles. The number of benzene rings is 2. The van der Waals surface area contributed by atoms with Crippen molar-refractivity contribution in [3.8, 4) is 11.5 Å². The molecular formula is C22H25FN2O4. The van der Waals surface area contributed by atoms with Crippen LogP contribution in [-0.4, -0.2) is 62.0 Å². The molecule has 1 fully saturated rings. The Balaban J connectivity index is 1.50. The van der Waals surface area contributed by atoms with Gasteiger partial charge in [-0.25, -0.2) is 4.39 Å². The Hall–Kier alpha value is -3.09. The van der Waals surface area contributed by atoms with Crippen LogP contribution in [0.5, 0.6) is 11.5 Å². The van der Waals surface area contributed by atoms with Gasteiger partial charge in [0, 0.05) is 38.2 Å². The quantitative estimate of drug-likeness (QED) is 0.748. The summed E-state index contributed by atoms with van der Waals surface area (Å²) in [5, 5.41) is 0. The molecule has 0 N–H and O–H groups in total. The lowest BCUT2D eigenvalue weighted by Gasteiger charge is -2.35. The minimum atomic E-state index is -0.431. The first-order valence-electron chi connectivity index (χ1n) is 9.55. The summed E-state index contributed by atoms with van der Waals surface area (Å²) in [6.45, 7) is 1.84. The maximum Gasteiger partial charge on any atom is 0.254 e. The number of piperazine rings is 1. The highest BCUT2D eigenvalue weighted by Gasteiger charge is 2.24. The molecule has 0 atom stereocenters. The van der Waals surface area contributed by atoms with Gasteiger partial charge in [0.15, 0.2) is 11.5 Å². The molecular weight excluding hydrogens is 375 g/mol. The van der Waals surface area contributed by atoms with E-state index in [0.717, 1.165) is 5.56 Å². The average molecular weight is 400 g/mol. The molecule has 2 aromatic rings. The van der Waals surface area contributed by atoms with E-state index >= 15 is 0 Å². The molecule has 1 saturated heterocycles. The Morgan fingerprint density at radius 2 is 1.62 bits per heavy atom. The van der Waals surface area contributed by atoms with Gasteiger partial charge in [0.1, 0.15) is 5.82 Å². The average Bonchev–Trinajstić information content (AvgIpc) is 2.76. The van der Waals surface area contributed by atoms with E-state index in [1.807, 2.05) is 18.2 Å². The Kier molecular flexibility index (Phi) is 6.69. The van der Waals surface area contributed by atoms with E-state index in [2.05, 4.69) is 0 Å². The van der Waals surface area contributed by atoms with Crippen LogP contribution < -0.4 is 9.47 Å². The minimum Gasteiger partial charge on any atom is -0.493 e. The van der Waals surface area contributed by atoms with Gasteiger partial charge in [0.05, 0.1) is 14.2 Å². The summed E-state index contributed by atoms with van der Waals surface area (Å²) in [5.41, 5.74) is 1.33. The highest BCUT2D eigenvalue weighted by molar-refractivity contribution is 5.94. The predicted octanol–water partition coefficient (Wildman–Crippen LogP) is 2.76. The Bertz CT molecular complexity index is 879. The molecule has 2 amide bonds. The molecule has 0 saturated carbocycles. The van der Waals surface area contributed by atoms with Crippen molar-refractivity contribution in [1.29, 1.82) is 0 Å². The number of carbonyl (C=O) groups excluding carboxylic acids is 2. The monoisotopic (exact) mass is 400 g/mol. The number of methoxy groups -OCH3 is 2. The minimum absolute atomic E-state index is 0.0534. The van der Waals surface area contributed by atoms with Gasteiger partial charge >= 0.3 is 0 Å². The predicted molar refractivity (Wildman–Crippen MR) is 107 cm³/mol. The summed E-state index contributed by atoms with van der Waals surface area (Å²) in [6, 6.07) is 11.3. The third kappa shape index (κ3) is 5.04. The van der Waals surface area contributed by atoms with Crippen LogP contribution in [0.3, 0.4) is 0 Å². The number of ether oxygens (including phenoxy) is 2. The second-order valence-electron chi connectivity index (χ2n) is 6.87. The first-order valence-corrected chi connectivity index (χ1v) is 9.55. The van der Waals surface area contributed by atoms with Crippen LogP contribution in [0.2, 0.25) is 0 Å². The molecule has 0 unspecified atom stereocenters. The lowest BCUT2D eigenvalue weighted by atomic mass is 10.1. The third-order valence-electron chi connectivity index (χ3n) is 5.07. The van der Waals surface area contributed by atoms with Crippen molar-refractivity contribution in [3.05, 3.63) is 59.4 Å². The second-order valence-corrected chi connectivity index (χ2v) is 6.87. The van der Waals surface area contributed by atoms with Crippen molar-refractivity contribution in [3.63, 3.8) is 0 Å². The molecule has 0 radical (unpaired) electrons. The summed E-state index contributed by atoms with van der Waals surface area (Å²) < 4.78 is 23.9. The number of aryl methyl sites for hydroxylation is 1. The van der Waals surface area contributed by atoms with Gasteiger partial charge in [0.25, 0.3) is 5.91 Å². The smallest absolute Gasteiger partial charge is 0.254 e. The number of hydrogen-bond acceptors (Lipinski definition) is 4. The maximum atomic E-state index is 13.3. The van der Waals surface area contributed by atoms with Gasteiger partial charge in [-0.3, -0.25) is 9.59 Å². The lowest BCUT2D eigenvalue weighted by molar-refractivity contribution is -0.132. The highest BCUT2D eigenvalue weighted by atomic mass is 19.1. The molecule has 6 nitrogen and oxygen atoms in total. The van der Waals surface area contributed by atoms with Crippen LogP contribution in [0.25, 0.3) is 0 Å². The molecule has 0 aliphatic carbocycles. The van der Waals surface area contributed by atoms with Crippen LogP contribution >= 0.6 is 0 Å². The van der Waals surface area contributed by atoms with Crippen LogP contribution in [0.4, 0.5) is 4.39 Å². The van der Waals surface area contributed by atoms with Crippen molar-refractivity contribution < 1.29 is 23.5 Å². The van der Waals surface area contributed by atoms with Gasteiger partial charge in [-0.05, 0) is 42.3 Å². The summed E-state index contributed by atoms with van der Waals surface area (Å²) in [7, 11) is 3.16. The number of carbonyl (C=O) groups is 2. The van der Waals surface area contributed by atoms with Gasteiger partial charge < -0.3 is 19.3 Å². The molecule has 154 valence electrons. The molecule has 7 heteroatoms. The van der Waals surface area contributed by atoms with Crippen molar-refractivity contribution >= 4 is 11.8 Å². The summed E-state index contributed by atoms with van der Waals surface area (Å²) in [4.78, 5) is 28.5.